The van der Waals surface area contributed by atoms with Gasteiger partial charge in [-0.1, -0.05) is 36.0 Å². The van der Waals surface area contributed by atoms with Crippen LogP contribution < -0.4 is 4.74 Å². The van der Waals surface area contributed by atoms with Gasteiger partial charge in [0.1, 0.15) is 5.75 Å². The predicted octanol–water partition coefficient (Wildman–Crippen LogP) is 3.84. The number of benzene rings is 2. The van der Waals surface area contributed by atoms with E-state index in [1.807, 2.05) is 47.4 Å². The van der Waals surface area contributed by atoms with E-state index in [2.05, 4.69) is 21.6 Å². The Morgan fingerprint density at radius 1 is 1.21 bits per heavy atom. The second-order valence-corrected chi connectivity index (χ2v) is 9.96. The molecule has 1 amide bonds. The van der Waals surface area contributed by atoms with Gasteiger partial charge in [0, 0.05) is 19.0 Å². The minimum Gasteiger partial charge on any atom is -0.497 e. The summed E-state index contributed by atoms with van der Waals surface area (Å²) < 4.78 is 8.13. The minimum absolute atomic E-state index is 0.116. The van der Waals surface area contributed by atoms with Crippen molar-refractivity contribution in [3.05, 3.63) is 59.1 Å². The van der Waals surface area contributed by atoms with E-state index in [-0.39, 0.29) is 5.91 Å². The molecule has 0 aliphatic carbocycles. The molecule has 33 heavy (non-hydrogen) atoms. The summed E-state index contributed by atoms with van der Waals surface area (Å²) in [5.74, 6) is 1.53. The fraction of sp³-hybridized carbons (Fsp3) is 0.348. The number of aromatic nitrogens is 5. The predicted molar refractivity (Wildman–Crippen MR) is 129 cm³/mol. The lowest BCUT2D eigenvalue weighted by Crippen LogP contribution is -2.40. The van der Waals surface area contributed by atoms with Gasteiger partial charge < -0.3 is 9.64 Å². The second-order valence-electron chi connectivity index (χ2n) is 7.95. The molecule has 1 fully saturated rings. The monoisotopic (exact) mass is 480 g/mol. The van der Waals surface area contributed by atoms with Crippen LogP contribution in [0.3, 0.4) is 0 Å². The lowest BCUT2D eigenvalue weighted by molar-refractivity contribution is -0.129. The van der Waals surface area contributed by atoms with Gasteiger partial charge in [-0.2, -0.15) is 0 Å². The summed E-state index contributed by atoms with van der Waals surface area (Å²) in [7, 11) is 1.64. The molecule has 4 aromatic rings. The molecular formula is C23H24N6O2S2. The van der Waals surface area contributed by atoms with Crippen molar-refractivity contribution in [2.45, 2.75) is 30.5 Å². The largest absolute Gasteiger partial charge is 0.497 e. The summed E-state index contributed by atoms with van der Waals surface area (Å²) in [5.41, 5.74) is 2.10. The van der Waals surface area contributed by atoms with E-state index in [0.717, 1.165) is 47.8 Å². The topological polar surface area (TPSA) is 86.0 Å². The van der Waals surface area contributed by atoms with Gasteiger partial charge in [0.25, 0.3) is 0 Å². The first-order valence-electron chi connectivity index (χ1n) is 10.8. The number of piperidine rings is 1. The lowest BCUT2D eigenvalue weighted by Gasteiger charge is -2.31. The number of carbonyl (C=O) groups is 1. The third-order valence-corrected chi connectivity index (χ3v) is 7.89. The maximum Gasteiger partial charge on any atom is 0.233 e. The van der Waals surface area contributed by atoms with Crippen LogP contribution in [0.4, 0.5) is 0 Å². The highest BCUT2D eigenvalue weighted by atomic mass is 32.2. The van der Waals surface area contributed by atoms with Crippen LogP contribution >= 0.6 is 23.1 Å². The van der Waals surface area contributed by atoms with Crippen LogP contribution in [0.1, 0.15) is 29.3 Å². The number of tetrazole rings is 1. The van der Waals surface area contributed by atoms with Gasteiger partial charge in [0.05, 0.1) is 34.6 Å². The van der Waals surface area contributed by atoms with Gasteiger partial charge in [0.2, 0.25) is 11.1 Å². The molecule has 1 aliphatic heterocycles. The number of para-hydroxylation sites is 1. The zero-order chi connectivity index (χ0) is 22.6. The third-order valence-electron chi connectivity index (χ3n) is 5.75. The molecule has 0 spiro atoms. The van der Waals surface area contributed by atoms with E-state index in [1.165, 1.54) is 16.5 Å². The number of likely N-dealkylation sites (tertiary alicyclic amines) is 1. The molecule has 10 heteroatoms. The van der Waals surface area contributed by atoms with E-state index in [0.29, 0.717) is 23.4 Å². The highest BCUT2D eigenvalue weighted by molar-refractivity contribution is 7.99. The first kappa shape index (κ1) is 21.8. The Kier molecular flexibility index (Phi) is 6.54. The third kappa shape index (κ3) is 5.01. The van der Waals surface area contributed by atoms with Crippen molar-refractivity contribution in [3.8, 4) is 5.75 Å². The maximum absolute atomic E-state index is 13.0. The Morgan fingerprint density at radius 2 is 2.06 bits per heavy atom. The van der Waals surface area contributed by atoms with Crippen LogP contribution in [0, 0.1) is 0 Å². The SMILES string of the molecule is COc1ccc(Cn2nnnc2SCC(=O)N2CCC[C@@H](c3nc4ccccc4s3)C2)cc1. The van der Waals surface area contributed by atoms with E-state index in [4.69, 9.17) is 9.72 Å². The van der Waals surface area contributed by atoms with Crippen LogP contribution in [-0.2, 0) is 11.3 Å². The Labute approximate surface area is 200 Å². The van der Waals surface area contributed by atoms with Crippen LogP contribution in [0.2, 0.25) is 0 Å². The molecule has 0 radical (unpaired) electrons. The van der Waals surface area contributed by atoms with E-state index >= 15 is 0 Å². The molecule has 8 nitrogen and oxygen atoms in total. The molecule has 1 aliphatic rings. The average Bonchev–Trinajstić information content (AvgIpc) is 3.50. The molecule has 2 aromatic heterocycles. The van der Waals surface area contributed by atoms with Gasteiger partial charge in [0.15, 0.2) is 0 Å². The summed E-state index contributed by atoms with van der Waals surface area (Å²) in [5, 5.41) is 13.8. The van der Waals surface area contributed by atoms with Gasteiger partial charge in [-0.3, -0.25) is 4.79 Å². The molecule has 2 aromatic carbocycles. The summed E-state index contributed by atoms with van der Waals surface area (Å²) in [6, 6.07) is 16.0. The van der Waals surface area contributed by atoms with Gasteiger partial charge in [-0.05, 0) is 53.1 Å². The number of thiazole rings is 1. The number of thioether (sulfide) groups is 1. The molecule has 0 saturated carbocycles. The Morgan fingerprint density at radius 3 is 2.88 bits per heavy atom. The number of carbonyl (C=O) groups excluding carboxylic acids is 1. The molecule has 5 rings (SSSR count). The number of nitrogens with zero attached hydrogens (tertiary/aromatic N) is 6. The summed E-state index contributed by atoms with van der Waals surface area (Å²) in [6.07, 6.45) is 2.06. The molecule has 0 bridgehead atoms. The number of amides is 1. The molecule has 1 saturated heterocycles. The van der Waals surface area contributed by atoms with Crippen molar-refractivity contribution in [1.29, 1.82) is 0 Å². The van der Waals surface area contributed by atoms with Crippen LogP contribution in [0.5, 0.6) is 5.75 Å². The zero-order valence-corrected chi connectivity index (χ0v) is 19.9. The van der Waals surface area contributed by atoms with E-state index in [1.54, 1.807) is 23.1 Å². The van der Waals surface area contributed by atoms with E-state index < -0.39 is 0 Å². The van der Waals surface area contributed by atoms with Crippen molar-refractivity contribution in [1.82, 2.24) is 30.1 Å². The van der Waals surface area contributed by atoms with Gasteiger partial charge in [-0.25, -0.2) is 9.67 Å². The second kappa shape index (κ2) is 9.88. The van der Waals surface area contributed by atoms with Crippen LogP contribution in [0.15, 0.2) is 53.7 Å². The normalized spacial score (nSPS) is 16.3. The Bertz CT molecular complexity index is 1210. The smallest absolute Gasteiger partial charge is 0.233 e. The van der Waals surface area contributed by atoms with Gasteiger partial charge in [-0.15, -0.1) is 16.4 Å². The number of rotatable bonds is 7. The fourth-order valence-electron chi connectivity index (χ4n) is 3.99. The highest BCUT2D eigenvalue weighted by Gasteiger charge is 2.27. The Balaban J connectivity index is 1.19. The molecule has 0 unspecified atom stereocenters. The number of methoxy groups -OCH3 is 1. The van der Waals surface area contributed by atoms with Crippen molar-refractivity contribution in [2.24, 2.45) is 0 Å². The van der Waals surface area contributed by atoms with Crippen LogP contribution in [0.25, 0.3) is 10.2 Å². The standard InChI is InChI=1S/C23H24N6O2S2/c1-31-18-10-8-16(9-11-18)13-29-23(25-26-27-29)32-15-21(30)28-12-4-5-17(14-28)22-24-19-6-2-3-7-20(19)33-22/h2-3,6-11,17H,4-5,12-15H2,1H3/t17-/m1/s1. The van der Waals surface area contributed by atoms with Crippen molar-refractivity contribution in [3.63, 3.8) is 0 Å². The number of fused-ring (bicyclic) bond motifs is 1. The number of hydrogen-bond acceptors (Lipinski definition) is 8. The number of hydrogen-bond donors (Lipinski definition) is 0. The lowest BCUT2D eigenvalue weighted by atomic mass is 9.99. The van der Waals surface area contributed by atoms with Crippen molar-refractivity contribution in [2.75, 3.05) is 26.0 Å². The van der Waals surface area contributed by atoms with Gasteiger partial charge >= 0.3 is 0 Å². The maximum atomic E-state index is 13.0. The number of ether oxygens (including phenoxy) is 1. The van der Waals surface area contributed by atoms with Crippen molar-refractivity contribution < 1.29 is 9.53 Å². The fourth-order valence-corrected chi connectivity index (χ4v) is 5.86. The van der Waals surface area contributed by atoms with E-state index in [9.17, 15) is 4.79 Å². The van der Waals surface area contributed by atoms with Crippen molar-refractivity contribution >= 4 is 39.2 Å². The molecule has 0 N–H and O–H groups in total. The molecule has 3 heterocycles. The molecule has 170 valence electrons. The summed E-state index contributed by atoms with van der Waals surface area (Å²) in [4.78, 5) is 19.8. The molecule has 1 atom stereocenters. The first-order valence-corrected chi connectivity index (χ1v) is 12.6. The minimum atomic E-state index is 0.116. The quantitative estimate of drug-likeness (QED) is 0.372. The summed E-state index contributed by atoms with van der Waals surface area (Å²) >= 11 is 3.12. The average molecular weight is 481 g/mol. The Hall–Kier alpha value is -2.98. The summed E-state index contributed by atoms with van der Waals surface area (Å²) in [6.45, 7) is 2.05. The highest BCUT2D eigenvalue weighted by Crippen LogP contribution is 2.33. The first-order chi connectivity index (χ1) is 16.2. The zero-order valence-electron chi connectivity index (χ0n) is 18.3. The molecular weight excluding hydrogens is 456 g/mol. The van der Waals surface area contributed by atoms with Crippen LogP contribution in [-0.4, -0.2) is 62.0 Å².